The van der Waals surface area contributed by atoms with Gasteiger partial charge in [0.1, 0.15) is 5.75 Å². The fourth-order valence-corrected chi connectivity index (χ4v) is 2.42. The number of nitrogens with zero attached hydrogens (tertiary/aromatic N) is 1. The third kappa shape index (κ3) is 2.28. The maximum Gasteiger partial charge on any atom is 0.164 e. The van der Waals surface area contributed by atoms with E-state index in [0.717, 1.165) is 28.4 Å². The van der Waals surface area contributed by atoms with E-state index in [9.17, 15) is 4.79 Å². The van der Waals surface area contributed by atoms with Gasteiger partial charge < -0.3 is 9.30 Å². The lowest BCUT2D eigenvalue weighted by Crippen LogP contribution is -2.04. The fourth-order valence-electron chi connectivity index (χ4n) is 2.42. The first-order chi connectivity index (χ1) is 9.10. The smallest absolute Gasteiger partial charge is 0.164 e. The molecule has 3 nitrogen and oxygen atoms in total. The highest BCUT2D eigenvalue weighted by Gasteiger charge is 2.17. The van der Waals surface area contributed by atoms with Gasteiger partial charge in [-0.25, -0.2) is 0 Å². The number of ketones is 1. The Labute approximate surface area is 113 Å². The lowest BCUT2D eigenvalue weighted by atomic mass is 10.1. The summed E-state index contributed by atoms with van der Waals surface area (Å²) in [5.74, 6) is 0.981. The number of aromatic nitrogens is 1. The fraction of sp³-hybridized carbons (Fsp3) is 0.312. The van der Waals surface area contributed by atoms with Crippen molar-refractivity contribution in [2.45, 2.75) is 27.2 Å². The monoisotopic (exact) mass is 257 g/mol. The first kappa shape index (κ1) is 13.4. The summed E-state index contributed by atoms with van der Waals surface area (Å²) in [7, 11) is 1.66. The zero-order valence-electron chi connectivity index (χ0n) is 11.9. The number of rotatable bonds is 4. The molecule has 0 aliphatic carbocycles. The van der Waals surface area contributed by atoms with Crippen molar-refractivity contribution in [3.8, 4) is 11.4 Å². The quantitative estimate of drug-likeness (QED) is 0.782. The van der Waals surface area contributed by atoms with Gasteiger partial charge in [0, 0.05) is 23.4 Å². The summed E-state index contributed by atoms with van der Waals surface area (Å²) in [5.41, 5.74) is 3.77. The van der Waals surface area contributed by atoms with Gasteiger partial charge in [-0.2, -0.15) is 0 Å². The molecule has 1 aromatic carbocycles. The van der Waals surface area contributed by atoms with E-state index in [1.54, 1.807) is 7.11 Å². The Kier molecular flexibility index (Phi) is 3.74. The summed E-state index contributed by atoms with van der Waals surface area (Å²) in [6.07, 6.45) is 0.524. The SMILES string of the molecule is CCC(=O)c1cc(C)n(-c2ccccc2OC)c1C. The summed E-state index contributed by atoms with van der Waals surface area (Å²) >= 11 is 0. The molecule has 2 rings (SSSR count). The van der Waals surface area contributed by atoms with E-state index in [2.05, 4.69) is 4.57 Å². The van der Waals surface area contributed by atoms with Crippen LogP contribution in [0, 0.1) is 13.8 Å². The van der Waals surface area contributed by atoms with Crippen LogP contribution in [-0.2, 0) is 0 Å². The second kappa shape index (κ2) is 5.31. The van der Waals surface area contributed by atoms with Crippen LogP contribution in [0.15, 0.2) is 30.3 Å². The molecule has 0 radical (unpaired) electrons. The number of para-hydroxylation sites is 2. The lowest BCUT2D eigenvalue weighted by molar-refractivity contribution is 0.0987. The Morgan fingerprint density at radius 1 is 1.26 bits per heavy atom. The predicted molar refractivity (Wildman–Crippen MR) is 76.4 cm³/mol. The number of aryl methyl sites for hydroxylation is 1. The second-order valence-electron chi connectivity index (χ2n) is 4.57. The average Bonchev–Trinajstić information content (AvgIpc) is 2.73. The van der Waals surface area contributed by atoms with Gasteiger partial charge in [0.05, 0.1) is 12.8 Å². The number of carbonyl (C=O) groups is 1. The molecule has 19 heavy (non-hydrogen) atoms. The van der Waals surface area contributed by atoms with Crippen LogP contribution in [0.25, 0.3) is 5.69 Å². The Bertz CT molecular complexity index is 611. The number of hydrogen-bond donors (Lipinski definition) is 0. The van der Waals surface area contributed by atoms with Crippen molar-refractivity contribution >= 4 is 5.78 Å². The first-order valence-corrected chi connectivity index (χ1v) is 6.45. The molecule has 0 fully saturated rings. The number of methoxy groups -OCH3 is 1. The molecule has 3 heteroatoms. The Morgan fingerprint density at radius 2 is 1.95 bits per heavy atom. The molecule has 0 saturated heterocycles. The van der Waals surface area contributed by atoms with Crippen LogP contribution in [0.4, 0.5) is 0 Å². The molecule has 0 atom stereocenters. The van der Waals surface area contributed by atoms with Crippen molar-refractivity contribution < 1.29 is 9.53 Å². The van der Waals surface area contributed by atoms with E-state index >= 15 is 0 Å². The number of Topliss-reactive ketones (excluding diaryl/α,β-unsaturated/α-hetero) is 1. The summed E-state index contributed by atoms with van der Waals surface area (Å²) in [6.45, 7) is 5.87. The second-order valence-corrected chi connectivity index (χ2v) is 4.57. The van der Waals surface area contributed by atoms with Gasteiger partial charge in [-0.15, -0.1) is 0 Å². The zero-order chi connectivity index (χ0) is 14.0. The molecule has 0 bridgehead atoms. The normalized spacial score (nSPS) is 10.5. The third-order valence-corrected chi connectivity index (χ3v) is 3.38. The van der Waals surface area contributed by atoms with Crippen LogP contribution < -0.4 is 4.74 Å². The largest absolute Gasteiger partial charge is 0.495 e. The van der Waals surface area contributed by atoms with E-state index in [1.807, 2.05) is 51.1 Å². The molecule has 100 valence electrons. The van der Waals surface area contributed by atoms with Crippen LogP contribution in [0.1, 0.15) is 35.1 Å². The molecule has 0 amide bonds. The van der Waals surface area contributed by atoms with E-state index in [4.69, 9.17) is 4.74 Å². The van der Waals surface area contributed by atoms with E-state index in [-0.39, 0.29) is 5.78 Å². The van der Waals surface area contributed by atoms with Crippen molar-refractivity contribution in [2.75, 3.05) is 7.11 Å². The molecular weight excluding hydrogens is 238 g/mol. The Balaban J connectivity index is 2.63. The predicted octanol–water partition coefficient (Wildman–Crippen LogP) is 3.70. The highest BCUT2D eigenvalue weighted by Crippen LogP contribution is 2.28. The Morgan fingerprint density at radius 3 is 2.58 bits per heavy atom. The van der Waals surface area contributed by atoms with Crippen LogP contribution in [0.2, 0.25) is 0 Å². The maximum absolute atomic E-state index is 11.9. The van der Waals surface area contributed by atoms with Gasteiger partial charge in [0.2, 0.25) is 0 Å². The van der Waals surface area contributed by atoms with Crippen molar-refractivity contribution in [3.63, 3.8) is 0 Å². The number of ether oxygens (including phenoxy) is 1. The van der Waals surface area contributed by atoms with Gasteiger partial charge in [-0.3, -0.25) is 4.79 Å². The topological polar surface area (TPSA) is 31.2 Å². The van der Waals surface area contributed by atoms with E-state index in [1.165, 1.54) is 0 Å². The molecule has 0 aliphatic heterocycles. The summed E-state index contributed by atoms with van der Waals surface area (Å²) in [5, 5.41) is 0. The molecule has 0 spiro atoms. The van der Waals surface area contributed by atoms with Gasteiger partial charge in [0.15, 0.2) is 5.78 Å². The first-order valence-electron chi connectivity index (χ1n) is 6.45. The average molecular weight is 257 g/mol. The van der Waals surface area contributed by atoms with Crippen molar-refractivity contribution in [1.29, 1.82) is 0 Å². The minimum Gasteiger partial charge on any atom is -0.495 e. The summed E-state index contributed by atoms with van der Waals surface area (Å²) in [4.78, 5) is 11.9. The molecule has 0 unspecified atom stereocenters. The molecular formula is C16H19NO2. The maximum atomic E-state index is 11.9. The highest BCUT2D eigenvalue weighted by molar-refractivity contribution is 5.97. The van der Waals surface area contributed by atoms with Crippen molar-refractivity contribution in [3.05, 3.63) is 47.3 Å². The standard InChI is InChI=1S/C16H19NO2/c1-5-15(18)13-10-11(2)17(12(13)3)14-8-6-7-9-16(14)19-4/h6-10H,5H2,1-4H3. The molecule has 1 heterocycles. The van der Waals surface area contributed by atoms with Gasteiger partial charge in [0.25, 0.3) is 0 Å². The van der Waals surface area contributed by atoms with Crippen molar-refractivity contribution in [1.82, 2.24) is 4.57 Å². The van der Waals surface area contributed by atoms with E-state index in [0.29, 0.717) is 6.42 Å². The van der Waals surface area contributed by atoms with Crippen LogP contribution >= 0.6 is 0 Å². The van der Waals surface area contributed by atoms with Crippen LogP contribution in [0.3, 0.4) is 0 Å². The number of hydrogen-bond acceptors (Lipinski definition) is 2. The molecule has 0 saturated carbocycles. The Hall–Kier alpha value is -2.03. The highest BCUT2D eigenvalue weighted by atomic mass is 16.5. The lowest BCUT2D eigenvalue weighted by Gasteiger charge is -2.13. The van der Waals surface area contributed by atoms with Gasteiger partial charge >= 0.3 is 0 Å². The van der Waals surface area contributed by atoms with Gasteiger partial charge in [-0.1, -0.05) is 19.1 Å². The van der Waals surface area contributed by atoms with Gasteiger partial charge in [-0.05, 0) is 32.0 Å². The molecule has 2 aromatic rings. The van der Waals surface area contributed by atoms with Crippen molar-refractivity contribution in [2.24, 2.45) is 0 Å². The molecule has 0 aliphatic rings. The number of carbonyl (C=O) groups excluding carboxylic acids is 1. The van der Waals surface area contributed by atoms with E-state index < -0.39 is 0 Å². The number of benzene rings is 1. The minimum absolute atomic E-state index is 0.175. The summed E-state index contributed by atoms with van der Waals surface area (Å²) < 4.78 is 7.47. The van der Waals surface area contributed by atoms with Crippen LogP contribution in [0.5, 0.6) is 5.75 Å². The van der Waals surface area contributed by atoms with Crippen LogP contribution in [-0.4, -0.2) is 17.5 Å². The summed E-state index contributed by atoms with van der Waals surface area (Å²) in [6, 6.07) is 9.79. The molecule has 0 N–H and O–H groups in total. The minimum atomic E-state index is 0.175. The molecule has 1 aromatic heterocycles. The zero-order valence-corrected chi connectivity index (χ0v) is 11.9. The third-order valence-electron chi connectivity index (χ3n) is 3.38.